The van der Waals surface area contributed by atoms with E-state index in [1.807, 2.05) is 11.6 Å². The highest BCUT2D eigenvalue weighted by molar-refractivity contribution is 5.97. The number of nitrogens with one attached hydrogen (secondary N) is 1. The number of amides is 1. The zero-order valence-electron chi connectivity index (χ0n) is 16.5. The number of aromatic nitrogens is 4. The lowest BCUT2D eigenvalue weighted by atomic mass is 10.1. The Bertz CT molecular complexity index is 1080. The van der Waals surface area contributed by atoms with Gasteiger partial charge in [-0.2, -0.15) is 5.10 Å². The molecule has 1 N–H and O–H groups in total. The molecule has 0 bridgehead atoms. The molecule has 0 aliphatic heterocycles. The zero-order valence-corrected chi connectivity index (χ0v) is 16.5. The quantitative estimate of drug-likeness (QED) is 0.748. The van der Waals surface area contributed by atoms with Crippen molar-refractivity contribution in [2.24, 2.45) is 7.05 Å². The minimum absolute atomic E-state index is 0.127. The highest BCUT2D eigenvalue weighted by atomic mass is 16.1. The van der Waals surface area contributed by atoms with Gasteiger partial charge in [0.25, 0.3) is 11.5 Å². The molecule has 27 heavy (non-hydrogen) atoms. The summed E-state index contributed by atoms with van der Waals surface area (Å²) >= 11 is 0. The van der Waals surface area contributed by atoms with E-state index in [0.29, 0.717) is 28.8 Å². The van der Waals surface area contributed by atoms with Gasteiger partial charge in [-0.25, -0.2) is 4.98 Å². The predicted octanol–water partition coefficient (Wildman–Crippen LogP) is 2.05. The summed E-state index contributed by atoms with van der Waals surface area (Å²) in [5.41, 5.74) is 5.51. The Morgan fingerprint density at radius 1 is 1.19 bits per heavy atom. The molecule has 0 aliphatic rings. The van der Waals surface area contributed by atoms with Gasteiger partial charge < -0.3 is 9.88 Å². The minimum Gasteiger partial charge on any atom is -0.352 e. The van der Waals surface area contributed by atoms with Gasteiger partial charge >= 0.3 is 0 Å². The Balaban J connectivity index is 1.74. The molecular formula is C20H25N5O2. The fourth-order valence-electron chi connectivity index (χ4n) is 3.43. The molecule has 1 amide bonds. The van der Waals surface area contributed by atoms with Crippen molar-refractivity contribution in [2.45, 2.75) is 40.7 Å². The molecule has 0 aliphatic carbocycles. The van der Waals surface area contributed by atoms with E-state index >= 15 is 0 Å². The maximum Gasteiger partial charge on any atom is 0.272 e. The summed E-state index contributed by atoms with van der Waals surface area (Å²) in [5, 5.41) is 7.47. The van der Waals surface area contributed by atoms with E-state index in [1.54, 1.807) is 36.7 Å². The number of carbonyl (C=O) groups excluding carboxylic acids is 1. The van der Waals surface area contributed by atoms with Crippen molar-refractivity contribution in [3.63, 3.8) is 0 Å². The topological polar surface area (TPSA) is 81.8 Å². The summed E-state index contributed by atoms with van der Waals surface area (Å²) in [6, 6.07) is 5.21. The Morgan fingerprint density at radius 3 is 2.59 bits per heavy atom. The molecular weight excluding hydrogens is 342 g/mol. The third kappa shape index (κ3) is 3.49. The van der Waals surface area contributed by atoms with Crippen molar-refractivity contribution in [3.05, 3.63) is 56.8 Å². The van der Waals surface area contributed by atoms with Crippen LogP contribution in [-0.4, -0.2) is 31.8 Å². The van der Waals surface area contributed by atoms with Crippen molar-refractivity contribution in [1.82, 2.24) is 24.6 Å². The predicted molar refractivity (Wildman–Crippen MR) is 105 cm³/mol. The third-order valence-corrected chi connectivity index (χ3v) is 4.99. The molecule has 142 valence electrons. The van der Waals surface area contributed by atoms with E-state index < -0.39 is 0 Å². The Hall–Kier alpha value is -2.96. The van der Waals surface area contributed by atoms with Gasteiger partial charge in [0.15, 0.2) is 0 Å². The van der Waals surface area contributed by atoms with Crippen LogP contribution in [-0.2, 0) is 20.0 Å². The van der Waals surface area contributed by atoms with Crippen molar-refractivity contribution >= 4 is 16.9 Å². The first-order valence-electron chi connectivity index (χ1n) is 9.12. The minimum atomic E-state index is -0.150. The SMILES string of the molecule is CCn1nc(C)c(CCNC(=O)c2ccc3c(c2)nc(C)c(=O)n3C)c1C. The monoisotopic (exact) mass is 367 g/mol. The number of fused-ring (bicyclic) bond motifs is 1. The van der Waals surface area contributed by atoms with Gasteiger partial charge in [-0.15, -0.1) is 0 Å². The highest BCUT2D eigenvalue weighted by Gasteiger charge is 2.13. The van der Waals surface area contributed by atoms with Gasteiger partial charge in [0, 0.05) is 31.4 Å². The average molecular weight is 367 g/mol. The number of hydrogen-bond acceptors (Lipinski definition) is 4. The summed E-state index contributed by atoms with van der Waals surface area (Å²) in [7, 11) is 1.71. The van der Waals surface area contributed by atoms with Gasteiger partial charge in [-0.3, -0.25) is 14.3 Å². The number of rotatable bonds is 5. The molecule has 0 saturated heterocycles. The van der Waals surface area contributed by atoms with E-state index in [4.69, 9.17) is 0 Å². The molecule has 3 rings (SSSR count). The highest BCUT2D eigenvalue weighted by Crippen LogP contribution is 2.14. The van der Waals surface area contributed by atoms with Gasteiger partial charge in [0.1, 0.15) is 5.69 Å². The number of nitrogens with zero attached hydrogens (tertiary/aromatic N) is 4. The number of carbonyl (C=O) groups is 1. The second kappa shape index (κ2) is 7.34. The van der Waals surface area contributed by atoms with E-state index in [2.05, 4.69) is 29.2 Å². The van der Waals surface area contributed by atoms with Gasteiger partial charge in [0.2, 0.25) is 0 Å². The molecule has 1 aromatic carbocycles. The van der Waals surface area contributed by atoms with Crippen LogP contribution in [0.1, 0.15) is 39.9 Å². The van der Waals surface area contributed by atoms with E-state index in [9.17, 15) is 9.59 Å². The molecule has 2 aromatic heterocycles. The summed E-state index contributed by atoms with van der Waals surface area (Å²) in [4.78, 5) is 28.8. The van der Waals surface area contributed by atoms with Crippen molar-refractivity contribution in [1.29, 1.82) is 0 Å². The van der Waals surface area contributed by atoms with Crippen LogP contribution < -0.4 is 10.9 Å². The maximum absolute atomic E-state index is 12.5. The summed E-state index contributed by atoms with van der Waals surface area (Å²) < 4.78 is 3.53. The number of hydrogen-bond donors (Lipinski definition) is 1. The summed E-state index contributed by atoms with van der Waals surface area (Å²) in [6.07, 6.45) is 0.739. The molecule has 2 heterocycles. The van der Waals surface area contributed by atoms with Crippen LogP contribution in [0.15, 0.2) is 23.0 Å². The van der Waals surface area contributed by atoms with Gasteiger partial charge in [-0.05, 0) is 57.9 Å². The normalized spacial score (nSPS) is 11.1. The average Bonchev–Trinajstić information content (AvgIpc) is 2.93. The number of benzene rings is 1. The molecule has 0 fully saturated rings. The summed E-state index contributed by atoms with van der Waals surface area (Å²) in [6.45, 7) is 9.17. The van der Waals surface area contributed by atoms with Crippen LogP contribution in [0, 0.1) is 20.8 Å². The van der Waals surface area contributed by atoms with E-state index in [-0.39, 0.29) is 11.5 Å². The molecule has 0 unspecified atom stereocenters. The van der Waals surface area contributed by atoms with Gasteiger partial charge in [-0.1, -0.05) is 0 Å². The second-order valence-electron chi connectivity index (χ2n) is 6.74. The van der Waals surface area contributed by atoms with Crippen LogP contribution in [0.2, 0.25) is 0 Å². The maximum atomic E-state index is 12.5. The van der Waals surface area contributed by atoms with Crippen LogP contribution in [0.25, 0.3) is 11.0 Å². The molecule has 3 aromatic rings. The van der Waals surface area contributed by atoms with E-state index in [0.717, 1.165) is 24.4 Å². The molecule has 0 spiro atoms. The Kier molecular flexibility index (Phi) is 5.12. The third-order valence-electron chi connectivity index (χ3n) is 4.99. The Morgan fingerprint density at radius 2 is 1.93 bits per heavy atom. The lowest BCUT2D eigenvalue weighted by Crippen LogP contribution is -2.26. The molecule has 7 nitrogen and oxygen atoms in total. The molecule has 7 heteroatoms. The molecule has 0 radical (unpaired) electrons. The molecule has 0 atom stereocenters. The van der Waals surface area contributed by atoms with Crippen molar-refractivity contribution in [3.8, 4) is 0 Å². The van der Waals surface area contributed by atoms with Gasteiger partial charge in [0.05, 0.1) is 16.7 Å². The fraction of sp³-hybridized carbons (Fsp3) is 0.400. The fourth-order valence-corrected chi connectivity index (χ4v) is 3.43. The van der Waals surface area contributed by atoms with E-state index in [1.165, 1.54) is 5.56 Å². The lowest BCUT2D eigenvalue weighted by molar-refractivity contribution is 0.0954. The second-order valence-corrected chi connectivity index (χ2v) is 6.74. The van der Waals surface area contributed by atoms with Crippen molar-refractivity contribution in [2.75, 3.05) is 6.54 Å². The summed E-state index contributed by atoms with van der Waals surface area (Å²) in [5.74, 6) is -0.150. The van der Waals surface area contributed by atoms with Crippen LogP contribution in [0.3, 0.4) is 0 Å². The standard InChI is InChI=1S/C20H25N5O2/c1-6-25-14(4)16(12(2)23-25)9-10-21-19(26)15-7-8-18-17(11-15)22-13(3)20(27)24(18)5/h7-8,11H,6,9-10H2,1-5H3,(H,21,26). The largest absolute Gasteiger partial charge is 0.352 e. The van der Waals surface area contributed by atoms with Crippen LogP contribution in [0.5, 0.6) is 0 Å². The molecule has 0 saturated carbocycles. The number of aryl methyl sites for hydroxylation is 4. The zero-order chi connectivity index (χ0) is 19.7. The Labute approximate surface area is 158 Å². The van der Waals surface area contributed by atoms with Crippen LogP contribution >= 0.6 is 0 Å². The smallest absolute Gasteiger partial charge is 0.272 e. The van der Waals surface area contributed by atoms with Crippen LogP contribution in [0.4, 0.5) is 0 Å². The first kappa shape index (κ1) is 18.8. The first-order valence-corrected chi connectivity index (χ1v) is 9.12. The first-order chi connectivity index (χ1) is 12.8. The lowest BCUT2D eigenvalue weighted by Gasteiger charge is -2.09. The van der Waals surface area contributed by atoms with Crippen molar-refractivity contribution < 1.29 is 4.79 Å².